The van der Waals surface area contributed by atoms with Gasteiger partial charge in [-0.1, -0.05) is 17.7 Å². The maximum absolute atomic E-state index is 13.2. The Morgan fingerprint density at radius 1 is 1.07 bits per heavy atom. The van der Waals surface area contributed by atoms with E-state index in [4.69, 9.17) is 4.74 Å². The smallest absolute Gasteiger partial charge is 0.355 e. The van der Waals surface area contributed by atoms with Gasteiger partial charge in [0.05, 0.1) is 12.6 Å². The second-order valence-corrected chi connectivity index (χ2v) is 6.84. The number of amides is 1. The molecule has 2 aromatic rings. The van der Waals surface area contributed by atoms with Crippen molar-refractivity contribution < 1.29 is 19.1 Å². The SMILES string of the molecule is CCOC(=O)c1[nH]c(C)c(C(=O)[C@@H](C)N(CC)C(=O)c2ccc(C)cc2)c1C. The van der Waals surface area contributed by atoms with Crippen LogP contribution in [0.15, 0.2) is 24.3 Å². The lowest BCUT2D eigenvalue weighted by Gasteiger charge is -2.27. The van der Waals surface area contributed by atoms with Crippen LogP contribution in [0.3, 0.4) is 0 Å². The van der Waals surface area contributed by atoms with Crippen LogP contribution < -0.4 is 0 Å². The second kappa shape index (κ2) is 8.87. The average Bonchev–Trinajstić information content (AvgIpc) is 2.96. The summed E-state index contributed by atoms with van der Waals surface area (Å²) >= 11 is 0. The molecule has 2 rings (SSSR count). The van der Waals surface area contributed by atoms with Crippen LogP contribution in [0.1, 0.15) is 68.8 Å². The maximum Gasteiger partial charge on any atom is 0.355 e. The lowest BCUT2D eigenvalue weighted by Crippen LogP contribution is -2.43. The summed E-state index contributed by atoms with van der Waals surface area (Å²) in [6.45, 7) is 11.4. The van der Waals surface area contributed by atoms with Crippen molar-refractivity contribution in [2.45, 2.75) is 47.6 Å². The Morgan fingerprint density at radius 2 is 1.68 bits per heavy atom. The number of aryl methyl sites for hydroxylation is 2. The predicted molar refractivity (Wildman–Crippen MR) is 108 cm³/mol. The number of nitrogens with zero attached hydrogens (tertiary/aromatic N) is 1. The third-order valence-electron chi connectivity index (χ3n) is 4.91. The van der Waals surface area contributed by atoms with Crippen molar-refractivity contribution >= 4 is 17.7 Å². The first-order valence-electron chi connectivity index (χ1n) is 9.50. The molecular formula is C22H28N2O4. The molecule has 6 heteroatoms. The summed E-state index contributed by atoms with van der Waals surface area (Å²) in [6.07, 6.45) is 0. The van der Waals surface area contributed by atoms with E-state index in [0.717, 1.165) is 5.56 Å². The van der Waals surface area contributed by atoms with E-state index in [-0.39, 0.29) is 24.0 Å². The molecule has 28 heavy (non-hydrogen) atoms. The number of likely N-dealkylation sites (N-methyl/N-ethyl adjacent to an activating group) is 1. The van der Waals surface area contributed by atoms with Crippen molar-refractivity contribution in [2.24, 2.45) is 0 Å². The van der Waals surface area contributed by atoms with E-state index in [9.17, 15) is 14.4 Å². The number of ether oxygens (including phenoxy) is 1. The summed E-state index contributed by atoms with van der Waals surface area (Å²) in [6, 6.07) is 6.62. The molecule has 0 aliphatic rings. The van der Waals surface area contributed by atoms with Crippen molar-refractivity contribution in [1.29, 1.82) is 0 Å². The fourth-order valence-corrected chi connectivity index (χ4v) is 3.33. The number of aromatic nitrogens is 1. The maximum atomic E-state index is 13.2. The Labute approximate surface area is 165 Å². The van der Waals surface area contributed by atoms with Crippen molar-refractivity contribution in [3.63, 3.8) is 0 Å². The van der Waals surface area contributed by atoms with Crippen LogP contribution in [0, 0.1) is 20.8 Å². The lowest BCUT2D eigenvalue weighted by molar-refractivity contribution is 0.0519. The van der Waals surface area contributed by atoms with Crippen LogP contribution in [-0.4, -0.2) is 46.7 Å². The van der Waals surface area contributed by atoms with E-state index in [1.165, 1.54) is 0 Å². The molecule has 0 aliphatic heterocycles. The van der Waals surface area contributed by atoms with Gasteiger partial charge in [-0.2, -0.15) is 0 Å². The number of carbonyl (C=O) groups excluding carboxylic acids is 3. The quantitative estimate of drug-likeness (QED) is 0.581. The van der Waals surface area contributed by atoms with Gasteiger partial charge in [-0.3, -0.25) is 9.59 Å². The Kier molecular flexibility index (Phi) is 6.78. The van der Waals surface area contributed by atoms with Gasteiger partial charge < -0.3 is 14.6 Å². The molecule has 6 nitrogen and oxygen atoms in total. The van der Waals surface area contributed by atoms with E-state index in [1.54, 1.807) is 44.7 Å². The third kappa shape index (κ3) is 4.16. The molecule has 1 N–H and O–H groups in total. The first kappa shape index (κ1) is 21.4. The number of carbonyl (C=O) groups is 3. The van der Waals surface area contributed by atoms with Gasteiger partial charge in [0, 0.05) is 23.4 Å². The molecule has 0 radical (unpaired) electrons. The summed E-state index contributed by atoms with van der Waals surface area (Å²) in [5.41, 5.74) is 3.46. The minimum Gasteiger partial charge on any atom is -0.461 e. The molecule has 1 amide bonds. The predicted octanol–water partition coefficient (Wildman–Crippen LogP) is 3.85. The number of ketones is 1. The number of hydrogen-bond acceptors (Lipinski definition) is 4. The first-order valence-corrected chi connectivity index (χ1v) is 9.50. The van der Waals surface area contributed by atoms with E-state index in [0.29, 0.717) is 28.9 Å². The monoisotopic (exact) mass is 384 g/mol. The Morgan fingerprint density at radius 3 is 2.21 bits per heavy atom. The minimum absolute atomic E-state index is 0.195. The Balaban J connectivity index is 2.33. The number of benzene rings is 1. The van der Waals surface area contributed by atoms with E-state index < -0.39 is 12.0 Å². The lowest BCUT2D eigenvalue weighted by atomic mass is 9.99. The number of hydrogen-bond donors (Lipinski definition) is 1. The van der Waals surface area contributed by atoms with Crippen LogP contribution in [0.4, 0.5) is 0 Å². The molecular weight excluding hydrogens is 356 g/mol. The molecule has 1 heterocycles. The fourth-order valence-electron chi connectivity index (χ4n) is 3.33. The van der Waals surface area contributed by atoms with E-state index in [1.807, 2.05) is 26.0 Å². The van der Waals surface area contributed by atoms with Crippen LogP contribution in [0.2, 0.25) is 0 Å². The average molecular weight is 384 g/mol. The minimum atomic E-state index is -0.665. The fraction of sp³-hybridized carbons (Fsp3) is 0.409. The van der Waals surface area contributed by atoms with Crippen molar-refractivity contribution in [2.75, 3.05) is 13.2 Å². The highest BCUT2D eigenvalue weighted by atomic mass is 16.5. The number of esters is 1. The number of rotatable bonds is 7. The van der Waals surface area contributed by atoms with Gasteiger partial charge in [0.2, 0.25) is 0 Å². The topological polar surface area (TPSA) is 79.5 Å². The van der Waals surface area contributed by atoms with Gasteiger partial charge in [-0.15, -0.1) is 0 Å². The van der Waals surface area contributed by atoms with Crippen molar-refractivity contribution in [3.05, 3.63) is 57.9 Å². The molecule has 0 saturated carbocycles. The number of Topliss-reactive ketones (excluding diaryl/α,β-unsaturated/α-hetero) is 1. The highest BCUT2D eigenvalue weighted by molar-refractivity contribution is 6.07. The van der Waals surface area contributed by atoms with Gasteiger partial charge in [-0.25, -0.2) is 4.79 Å². The zero-order valence-electron chi connectivity index (χ0n) is 17.4. The molecule has 0 fully saturated rings. The molecule has 150 valence electrons. The van der Waals surface area contributed by atoms with E-state index in [2.05, 4.69) is 4.98 Å². The Bertz CT molecular complexity index is 881. The third-order valence-corrected chi connectivity index (χ3v) is 4.91. The summed E-state index contributed by atoms with van der Waals surface area (Å²) in [5, 5.41) is 0. The number of H-pyrrole nitrogens is 1. The van der Waals surface area contributed by atoms with Crippen LogP contribution in [0.5, 0.6) is 0 Å². The molecule has 1 aromatic carbocycles. The summed E-state index contributed by atoms with van der Waals surface area (Å²) < 4.78 is 5.05. The summed E-state index contributed by atoms with van der Waals surface area (Å²) in [5.74, 6) is -0.887. The molecule has 0 spiro atoms. The zero-order chi connectivity index (χ0) is 21.0. The standard InChI is InChI=1S/C22H28N2O4/c1-7-24(21(26)17-11-9-13(3)10-12-17)16(6)20(25)18-14(4)19(23-15(18)5)22(27)28-8-2/h9-12,16,23H,7-8H2,1-6H3/t16-/m1/s1. The summed E-state index contributed by atoms with van der Waals surface area (Å²) in [7, 11) is 0. The Hall–Kier alpha value is -2.89. The van der Waals surface area contributed by atoms with Gasteiger partial charge >= 0.3 is 5.97 Å². The highest BCUT2D eigenvalue weighted by Crippen LogP contribution is 2.23. The molecule has 0 aliphatic carbocycles. The normalized spacial score (nSPS) is 11.8. The second-order valence-electron chi connectivity index (χ2n) is 6.84. The summed E-state index contributed by atoms with van der Waals surface area (Å²) in [4.78, 5) is 42.7. The largest absolute Gasteiger partial charge is 0.461 e. The van der Waals surface area contributed by atoms with Crippen molar-refractivity contribution in [3.8, 4) is 0 Å². The zero-order valence-corrected chi connectivity index (χ0v) is 17.4. The van der Waals surface area contributed by atoms with Gasteiger partial charge in [-0.05, 0) is 59.2 Å². The molecule has 1 atom stereocenters. The highest BCUT2D eigenvalue weighted by Gasteiger charge is 2.31. The first-order chi connectivity index (χ1) is 13.2. The number of nitrogens with one attached hydrogen (secondary N) is 1. The van der Waals surface area contributed by atoms with Gasteiger partial charge in [0.15, 0.2) is 5.78 Å². The van der Waals surface area contributed by atoms with Crippen LogP contribution >= 0.6 is 0 Å². The van der Waals surface area contributed by atoms with Gasteiger partial charge in [0.25, 0.3) is 5.91 Å². The molecule has 0 saturated heterocycles. The van der Waals surface area contributed by atoms with Crippen molar-refractivity contribution in [1.82, 2.24) is 9.88 Å². The molecule has 0 bridgehead atoms. The van der Waals surface area contributed by atoms with Gasteiger partial charge in [0.1, 0.15) is 5.69 Å². The van der Waals surface area contributed by atoms with Crippen LogP contribution in [-0.2, 0) is 4.74 Å². The molecule has 0 unspecified atom stereocenters. The van der Waals surface area contributed by atoms with E-state index >= 15 is 0 Å². The van der Waals surface area contributed by atoms with Crippen LogP contribution in [0.25, 0.3) is 0 Å². The number of aromatic amines is 1. The molecule has 1 aromatic heterocycles.